The number of nitrogens with one attached hydrogen (secondary N) is 1. The van der Waals surface area contributed by atoms with Gasteiger partial charge in [-0.1, -0.05) is 6.92 Å². The SMILES string of the molecule is CCc1nc(CC(=O)N[C@@H]2CCc3nc(C)cn3C2)cs1. The van der Waals surface area contributed by atoms with Crippen molar-refractivity contribution in [3.8, 4) is 0 Å². The minimum Gasteiger partial charge on any atom is -0.351 e. The van der Waals surface area contributed by atoms with Crippen molar-refractivity contribution in [1.29, 1.82) is 0 Å². The summed E-state index contributed by atoms with van der Waals surface area (Å²) in [5, 5.41) is 6.20. The molecule has 6 heteroatoms. The van der Waals surface area contributed by atoms with Crippen LogP contribution in [0.15, 0.2) is 11.6 Å². The molecule has 21 heavy (non-hydrogen) atoms. The third kappa shape index (κ3) is 3.32. The highest BCUT2D eigenvalue weighted by Crippen LogP contribution is 2.15. The lowest BCUT2D eigenvalue weighted by atomic mass is 10.1. The summed E-state index contributed by atoms with van der Waals surface area (Å²) < 4.78 is 2.15. The molecule has 1 amide bonds. The van der Waals surface area contributed by atoms with Crippen LogP contribution in [0.25, 0.3) is 0 Å². The van der Waals surface area contributed by atoms with Crippen LogP contribution in [0.3, 0.4) is 0 Å². The van der Waals surface area contributed by atoms with Crippen molar-refractivity contribution in [2.45, 2.75) is 52.1 Å². The Bertz CT molecular complexity index is 646. The van der Waals surface area contributed by atoms with Crippen LogP contribution < -0.4 is 5.32 Å². The monoisotopic (exact) mass is 304 g/mol. The Balaban J connectivity index is 1.56. The van der Waals surface area contributed by atoms with Gasteiger partial charge in [0.25, 0.3) is 0 Å². The van der Waals surface area contributed by atoms with E-state index in [2.05, 4.69) is 33.0 Å². The van der Waals surface area contributed by atoms with Gasteiger partial charge in [0.15, 0.2) is 0 Å². The molecule has 3 heterocycles. The lowest BCUT2D eigenvalue weighted by Crippen LogP contribution is -2.41. The first-order valence-corrected chi connectivity index (χ1v) is 8.27. The number of aryl methyl sites for hydroxylation is 3. The molecule has 112 valence electrons. The number of hydrogen-bond donors (Lipinski definition) is 1. The van der Waals surface area contributed by atoms with Gasteiger partial charge in [-0.05, 0) is 19.8 Å². The third-order valence-electron chi connectivity index (χ3n) is 3.72. The number of hydrogen-bond acceptors (Lipinski definition) is 4. The Kier molecular flexibility index (Phi) is 4.05. The van der Waals surface area contributed by atoms with E-state index < -0.39 is 0 Å². The van der Waals surface area contributed by atoms with E-state index in [1.807, 2.05) is 12.3 Å². The van der Waals surface area contributed by atoms with Gasteiger partial charge in [0, 0.05) is 30.6 Å². The van der Waals surface area contributed by atoms with Gasteiger partial charge in [0.05, 0.1) is 22.8 Å². The average Bonchev–Trinajstić information content (AvgIpc) is 3.03. The topological polar surface area (TPSA) is 59.8 Å². The first kappa shape index (κ1) is 14.3. The maximum Gasteiger partial charge on any atom is 0.226 e. The van der Waals surface area contributed by atoms with Gasteiger partial charge >= 0.3 is 0 Å². The summed E-state index contributed by atoms with van der Waals surface area (Å²) >= 11 is 1.63. The van der Waals surface area contributed by atoms with Gasteiger partial charge < -0.3 is 9.88 Å². The van der Waals surface area contributed by atoms with Crippen molar-refractivity contribution < 1.29 is 4.79 Å². The van der Waals surface area contributed by atoms with Crippen molar-refractivity contribution in [3.05, 3.63) is 33.8 Å². The molecule has 0 saturated heterocycles. The van der Waals surface area contributed by atoms with Crippen LogP contribution in [0.1, 0.15) is 35.6 Å². The Hall–Kier alpha value is -1.69. The second kappa shape index (κ2) is 5.97. The van der Waals surface area contributed by atoms with E-state index in [0.717, 1.165) is 48.0 Å². The van der Waals surface area contributed by atoms with Crippen molar-refractivity contribution >= 4 is 17.2 Å². The van der Waals surface area contributed by atoms with Crippen molar-refractivity contribution in [2.75, 3.05) is 0 Å². The Morgan fingerprint density at radius 1 is 1.52 bits per heavy atom. The molecule has 0 spiro atoms. The van der Waals surface area contributed by atoms with Gasteiger partial charge in [-0.2, -0.15) is 0 Å². The fourth-order valence-corrected chi connectivity index (χ4v) is 3.48. The van der Waals surface area contributed by atoms with Crippen LogP contribution in [0.5, 0.6) is 0 Å². The minimum atomic E-state index is 0.0632. The smallest absolute Gasteiger partial charge is 0.226 e. The Morgan fingerprint density at radius 2 is 2.38 bits per heavy atom. The van der Waals surface area contributed by atoms with Crippen molar-refractivity contribution in [2.24, 2.45) is 0 Å². The number of thiazole rings is 1. The van der Waals surface area contributed by atoms with E-state index in [-0.39, 0.29) is 11.9 Å². The predicted molar refractivity (Wildman–Crippen MR) is 82.4 cm³/mol. The Morgan fingerprint density at radius 3 is 3.14 bits per heavy atom. The molecule has 1 aliphatic heterocycles. The van der Waals surface area contributed by atoms with Gasteiger partial charge in [-0.25, -0.2) is 9.97 Å². The second-order valence-electron chi connectivity index (χ2n) is 5.52. The Labute approximate surface area is 128 Å². The molecule has 2 aromatic rings. The number of rotatable bonds is 4. The average molecular weight is 304 g/mol. The molecule has 0 fully saturated rings. The predicted octanol–water partition coefficient (Wildman–Crippen LogP) is 1.88. The third-order valence-corrected chi connectivity index (χ3v) is 4.76. The summed E-state index contributed by atoms with van der Waals surface area (Å²) in [5.74, 6) is 1.19. The highest BCUT2D eigenvalue weighted by molar-refractivity contribution is 7.09. The zero-order valence-electron chi connectivity index (χ0n) is 12.4. The summed E-state index contributed by atoms with van der Waals surface area (Å²) in [6, 6.07) is 0.197. The molecular weight excluding hydrogens is 284 g/mol. The maximum atomic E-state index is 12.1. The quantitative estimate of drug-likeness (QED) is 0.938. The van der Waals surface area contributed by atoms with Gasteiger partial charge in [0.1, 0.15) is 5.82 Å². The molecule has 0 unspecified atom stereocenters. The summed E-state index contributed by atoms with van der Waals surface area (Å²) in [7, 11) is 0. The number of imidazole rings is 1. The van der Waals surface area contributed by atoms with Crippen LogP contribution >= 0.6 is 11.3 Å². The van der Waals surface area contributed by atoms with Crippen LogP contribution in [-0.2, 0) is 30.6 Å². The van der Waals surface area contributed by atoms with Gasteiger partial charge in [-0.15, -0.1) is 11.3 Å². The maximum absolute atomic E-state index is 12.1. The van der Waals surface area contributed by atoms with E-state index in [0.29, 0.717) is 6.42 Å². The summed E-state index contributed by atoms with van der Waals surface area (Å²) in [6.45, 7) is 4.90. The van der Waals surface area contributed by atoms with Gasteiger partial charge in [0.2, 0.25) is 5.91 Å². The molecule has 0 bridgehead atoms. The lowest BCUT2D eigenvalue weighted by Gasteiger charge is -2.24. The van der Waals surface area contributed by atoms with Crippen molar-refractivity contribution in [1.82, 2.24) is 19.9 Å². The number of nitrogens with zero attached hydrogens (tertiary/aromatic N) is 3. The molecule has 1 N–H and O–H groups in total. The first-order valence-electron chi connectivity index (χ1n) is 7.39. The fraction of sp³-hybridized carbons (Fsp3) is 0.533. The van der Waals surface area contributed by atoms with Crippen LogP contribution in [0, 0.1) is 6.92 Å². The van der Waals surface area contributed by atoms with Crippen molar-refractivity contribution in [3.63, 3.8) is 0 Å². The number of aromatic nitrogens is 3. The molecule has 1 aliphatic rings. The van der Waals surface area contributed by atoms with E-state index in [4.69, 9.17) is 0 Å². The lowest BCUT2D eigenvalue weighted by molar-refractivity contribution is -0.121. The molecule has 0 aliphatic carbocycles. The number of fused-ring (bicyclic) bond motifs is 1. The zero-order valence-corrected chi connectivity index (χ0v) is 13.2. The molecule has 0 saturated carbocycles. The summed E-state index contributed by atoms with van der Waals surface area (Å²) in [5.41, 5.74) is 1.93. The van der Waals surface area contributed by atoms with Crippen LogP contribution in [-0.4, -0.2) is 26.5 Å². The van der Waals surface area contributed by atoms with E-state index in [1.54, 1.807) is 11.3 Å². The normalized spacial score (nSPS) is 17.5. The summed E-state index contributed by atoms with van der Waals surface area (Å²) in [4.78, 5) is 21.1. The van der Waals surface area contributed by atoms with E-state index in [9.17, 15) is 4.79 Å². The largest absolute Gasteiger partial charge is 0.351 e. The first-order chi connectivity index (χ1) is 10.1. The second-order valence-corrected chi connectivity index (χ2v) is 6.46. The van der Waals surface area contributed by atoms with E-state index in [1.165, 1.54) is 0 Å². The van der Waals surface area contributed by atoms with Crippen LogP contribution in [0.2, 0.25) is 0 Å². The number of amides is 1. The highest BCUT2D eigenvalue weighted by Gasteiger charge is 2.21. The van der Waals surface area contributed by atoms with E-state index >= 15 is 0 Å². The molecular formula is C15H20N4OS. The molecule has 5 nitrogen and oxygen atoms in total. The molecule has 3 rings (SSSR count). The molecule has 0 radical (unpaired) electrons. The standard InChI is InChI=1S/C15H20N4OS/c1-3-15-18-12(9-21-15)6-14(20)17-11-4-5-13-16-10(2)7-19(13)8-11/h7,9,11H,3-6,8H2,1-2H3,(H,17,20)/t11-/m1/s1. The molecule has 2 aromatic heterocycles. The fourth-order valence-electron chi connectivity index (χ4n) is 2.74. The number of carbonyl (C=O) groups excluding carboxylic acids is 1. The minimum absolute atomic E-state index is 0.0632. The molecule has 1 atom stereocenters. The van der Waals surface area contributed by atoms with Gasteiger partial charge in [-0.3, -0.25) is 4.79 Å². The highest BCUT2D eigenvalue weighted by atomic mass is 32.1. The number of carbonyl (C=O) groups is 1. The molecule has 0 aromatic carbocycles. The summed E-state index contributed by atoms with van der Waals surface area (Å²) in [6.07, 6.45) is 5.25. The van der Waals surface area contributed by atoms with Crippen LogP contribution in [0.4, 0.5) is 0 Å². The zero-order chi connectivity index (χ0) is 14.8.